The van der Waals surface area contributed by atoms with E-state index in [0.29, 0.717) is 5.57 Å². The second-order valence-corrected chi connectivity index (χ2v) is 8.37. The maximum Gasteiger partial charge on any atom is 0.407 e. The number of hydrogen-bond acceptors (Lipinski definition) is 2. The molecule has 2 aromatic carbocycles. The lowest BCUT2D eigenvalue weighted by Crippen LogP contribution is -2.37. The number of halogens is 5. The number of thioether (sulfide) groups is 1. The van der Waals surface area contributed by atoms with Gasteiger partial charge in [-0.1, -0.05) is 47.5 Å². The van der Waals surface area contributed by atoms with E-state index in [2.05, 4.69) is 0 Å². The van der Waals surface area contributed by atoms with Crippen LogP contribution < -0.4 is 5.73 Å². The van der Waals surface area contributed by atoms with E-state index < -0.39 is 10.9 Å². The molecule has 0 spiro atoms. The summed E-state index contributed by atoms with van der Waals surface area (Å²) in [4.78, 5) is 0. The van der Waals surface area contributed by atoms with Crippen molar-refractivity contribution in [2.24, 2.45) is 5.73 Å². The van der Waals surface area contributed by atoms with Crippen LogP contribution in [0.2, 0.25) is 10.0 Å². The van der Waals surface area contributed by atoms with Crippen LogP contribution in [-0.4, -0.2) is 6.18 Å². The minimum atomic E-state index is -4.46. The van der Waals surface area contributed by atoms with Gasteiger partial charge in [0.05, 0.1) is 0 Å². The third-order valence-corrected chi connectivity index (χ3v) is 6.29. The predicted molar refractivity (Wildman–Crippen MR) is 103 cm³/mol. The van der Waals surface area contributed by atoms with Crippen LogP contribution in [0.25, 0.3) is 5.57 Å². The van der Waals surface area contributed by atoms with Crippen LogP contribution in [0.3, 0.4) is 0 Å². The first-order valence-electron chi connectivity index (χ1n) is 7.88. The maximum atomic E-state index is 14.1. The molecule has 1 aliphatic rings. The standard InChI is InChI=1S/C19H16Cl2F3NS/c1-11(25)12-2-4-13(5-3-12)14-9-18(26-10-14,19(22,23)24)15-6-16(20)8-17(21)7-15/h2-8,10-11H,9,25H2,1H3/t11-,18?/m0/s1. The van der Waals surface area contributed by atoms with Crippen LogP contribution in [0.4, 0.5) is 13.2 Å². The molecule has 0 aliphatic carbocycles. The highest BCUT2D eigenvalue weighted by Gasteiger charge is 2.58. The molecule has 0 amide bonds. The molecule has 2 N–H and O–H groups in total. The van der Waals surface area contributed by atoms with Gasteiger partial charge in [-0.3, -0.25) is 0 Å². The van der Waals surface area contributed by atoms with Crippen molar-refractivity contribution in [3.63, 3.8) is 0 Å². The molecule has 0 fully saturated rings. The van der Waals surface area contributed by atoms with Crippen molar-refractivity contribution in [1.82, 2.24) is 0 Å². The Morgan fingerprint density at radius 3 is 2.15 bits per heavy atom. The van der Waals surface area contributed by atoms with Crippen LogP contribution in [0.5, 0.6) is 0 Å². The molecule has 1 heterocycles. The molecule has 0 bridgehead atoms. The van der Waals surface area contributed by atoms with Crippen molar-refractivity contribution >= 4 is 40.5 Å². The molecular weight excluding hydrogens is 402 g/mol. The van der Waals surface area contributed by atoms with Gasteiger partial charge in [-0.25, -0.2) is 0 Å². The van der Waals surface area contributed by atoms with Crippen molar-refractivity contribution in [3.05, 3.63) is 74.6 Å². The Morgan fingerprint density at radius 2 is 1.65 bits per heavy atom. The van der Waals surface area contributed by atoms with Gasteiger partial charge in [0, 0.05) is 22.5 Å². The topological polar surface area (TPSA) is 26.0 Å². The van der Waals surface area contributed by atoms with Gasteiger partial charge in [0.25, 0.3) is 0 Å². The summed E-state index contributed by atoms with van der Waals surface area (Å²) >= 11 is 12.7. The van der Waals surface area contributed by atoms with Gasteiger partial charge in [-0.2, -0.15) is 13.2 Å². The largest absolute Gasteiger partial charge is 0.407 e. The number of hydrogen-bond donors (Lipinski definition) is 1. The van der Waals surface area contributed by atoms with E-state index in [1.54, 1.807) is 5.41 Å². The Kier molecular flexibility index (Phi) is 5.37. The molecule has 0 saturated heterocycles. The number of alkyl halides is 3. The minimum absolute atomic E-state index is 0.0611. The lowest BCUT2D eigenvalue weighted by atomic mass is 9.88. The van der Waals surface area contributed by atoms with Gasteiger partial charge < -0.3 is 5.73 Å². The first-order chi connectivity index (χ1) is 12.1. The third kappa shape index (κ3) is 3.63. The highest BCUT2D eigenvalue weighted by Crippen LogP contribution is 2.60. The molecule has 2 aromatic rings. The molecule has 2 atom stereocenters. The van der Waals surface area contributed by atoms with Crippen LogP contribution in [0, 0.1) is 0 Å². The number of benzene rings is 2. The molecule has 1 nitrogen and oxygen atoms in total. The molecule has 138 valence electrons. The summed E-state index contributed by atoms with van der Waals surface area (Å²) in [5, 5.41) is 1.95. The van der Waals surface area contributed by atoms with Gasteiger partial charge in [0.1, 0.15) is 4.75 Å². The number of allylic oxidation sites excluding steroid dienone is 1. The normalized spacial score (nSPS) is 21.6. The highest BCUT2D eigenvalue weighted by molar-refractivity contribution is 8.03. The Bertz CT molecular complexity index is 827. The average Bonchev–Trinajstić information content (AvgIpc) is 3.00. The van der Waals surface area contributed by atoms with Gasteiger partial charge >= 0.3 is 6.18 Å². The zero-order valence-corrected chi connectivity index (χ0v) is 16.1. The molecule has 1 unspecified atom stereocenters. The van der Waals surface area contributed by atoms with E-state index in [-0.39, 0.29) is 28.1 Å². The zero-order chi connectivity index (χ0) is 19.1. The fourth-order valence-corrected chi connectivity index (χ4v) is 4.70. The highest BCUT2D eigenvalue weighted by atomic mass is 35.5. The summed E-state index contributed by atoms with van der Waals surface area (Å²) in [5.74, 6) is 0. The second-order valence-electron chi connectivity index (χ2n) is 6.33. The molecule has 7 heteroatoms. The Morgan fingerprint density at radius 1 is 1.08 bits per heavy atom. The fraction of sp³-hybridized carbons (Fsp3) is 0.263. The molecule has 26 heavy (non-hydrogen) atoms. The first kappa shape index (κ1) is 19.6. The van der Waals surface area contributed by atoms with Gasteiger partial charge in [0.2, 0.25) is 0 Å². The Hall–Kier alpha value is -1.14. The Labute approximate surface area is 164 Å². The van der Waals surface area contributed by atoms with Crippen LogP contribution >= 0.6 is 35.0 Å². The molecule has 0 saturated carbocycles. The van der Waals surface area contributed by atoms with E-state index in [1.807, 2.05) is 31.2 Å². The van der Waals surface area contributed by atoms with Crippen LogP contribution in [0.15, 0.2) is 47.9 Å². The number of rotatable bonds is 3. The van der Waals surface area contributed by atoms with Crippen LogP contribution in [0.1, 0.15) is 36.1 Å². The quantitative estimate of drug-likeness (QED) is 0.584. The SMILES string of the molecule is C[C@H](N)c1ccc(C2=CSC(c3cc(Cl)cc(Cl)c3)(C(F)(F)F)C2)cc1. The van der Waals surface area contributed by atoms with Crippen molar-refractivity contribution < 1.29 is 13.2 Å². The minimum Gasteiger partial charge on any atom is -0.324 e. The lowest BCUT2D eigenvalue weighted by molar-refractivity contribution is -0.160. The first-order valence-corrected chi connectivity index (χ1v) is 9.52. The summed E-state index contributed by atoms with van der Waals surface area (Å²) < 4.78 is 40.1. The number of nitrogens with two attached hydrogens (primary N) is 1. The molecular formula is C19H16Cl2F3NS. The fourth-order valence-electron chi connectivity index (χ4n) is 2.98. The average molecular weight is 418 g/mol. The molecule has 0 aromatic heterocycles. The summed E-state index contributed by atoms with van der Waals surface area (Å²) in [6.45, 7) is 1.86. The monoisotopic (exact) mass is 417 g/mol. The van der Waals surface area contributed by atoms with E-state index in [9.17, 15) is 13.2 Å². The van der Waals surface area contributed by atoms with Crippen molar-refractivity contribution in [1.29, 1.82) is 0 Å². The molecule has 3 rings (SSSR count). The summed E-state index contributed by atoms with van der Waals surface area (Å²) in [6, 6.07) is 11.3. The van der Waals surface area contributed by atoms with Gasteiger partial charge in [0.15, 0.2) is 0 Å². The van der Waals surface area contributed by atoms with Crippen LogP contribution in [-0.2, 0) is 4.75 Å². The van der Waals surface area contributed by atoms with Crippen molar-refractivity contribution in [2.75, 3.05) is 0 Å². The van der Waals surface area contributed by atoms with Gasteiger partial charge in [-0.15, -0.1) is 11.8 Å². The second kappa shape index (κ2) is 7.12. The van der Waals surface area contributed by atoms with Crippen molar-refractivity contribution in [3.8, 4) is 0 Å². The zero-order valence-electron chi connectivity index (χ0n) is 13.8. The predicted octanol–water partition coefficient (Wildman–Crippen LogP) is 6.95. The van der Waals surface area contributed by atoms with E-state index in [4.69, 9.17) is 28.9 Å². The maximum absolute atomic E-state index is 14.1. The third-order valence-electron chi connectivity index (χ3n) is 4.44. The van der Waals surface area contributed by atoms with E-state index >= 15 is 0 Å². The van der Waals surface area contributed by atoms with E-state index in [0.717, 1.165) is 22.9 Å². The van der Waals surface area contributed by atoms with Gasteiger partial charge in [-0.05, 0) is 52.8 Å². The lowest BCUT2D eigenvalue weighted by Gasteiger charge is -2.32. The Balaban J connectivity index is 1.98. The smallest absolute Gasteiger partial charge is 0.324 e. The van der Waals surface area contributed by atoms with Crippen molar-refractivity contribution in [2.45, 2.75) is 30.3 Å². The summed E-state index contributed by atoms with van der Waals surface area (Å²) in [7, 11) is 0. The summed E-state index contributed by atoms with van der Waals surface area (Å²) in [5.41, 5.74) is 8.20. The molecule has 0 radical (unpaired) electrons. The molecule has 1 aliphatic heterocycles. The summed E-state index contributed by atoms with van der Waals surface area (Å²) in [6.07, 6.45) is -4.65. The van der Waals surface area contributed by atoms with E-state index in [1.165, 1.54) is 18.2 Å².